The average molecular weight is 650 g/mol. The van der Waals surface area contributed by atoms with E-state index in [9.17, 15) is 33.4 Å². The molecule has 45 heavy (non-hydrogen) atoms. The second-order valence-corrected chi connectivity index (χ2v) is 13.7. The van der Waals surface area contributed by atoms with Gasteiger partial charge in [0, 0.05) is 31.6 Å². The zero-order valence-electron chi connectivity index (χ0n) is 26.1. The molecule has 5 atom stereocenters. The Kier molecular flexibility index (Phi) is 14.5. The average Bonchev–Trinajstić information content (AvgIpc) is 3.42. The third-order valence-corrected chi connectivity index (χ3v) is 9.81. The first-order chi connectivity index (χ1) is 21.5. The van der Waals surface area contributed by atoms with Crippen molar-refractivity contribution in [3.05, 3.63) is 35.9 Å². The molecule has 2 heterocycles. The van der Waals surface area contributed by atoms with Gasteiger partial charge in [0.05, 0.1) is 6.61 Å². The van der Waals surface area contributed by atoms with Crippen LogP contribution in [0.15, 0.2) is 30.3 Å². The molecule has 2 aliphatic heterocycles. The van der Waals surface area contributed by atoms with Gasteiger partial charge in [0.15, 0.2) is 0 Å². The lowest BCUT2D eigenvalue weighted by molar-refractivity contribution is -0.144. The lowest BCUT2D eigenvalue weighted by Gasteiger charge is -2.35. The van der Waals surface area contributed by atoms with Gasteiger partial charge in [0.1, 0.15) is 18.1 Å². The van der Waals surface area contributed by atoms with Crippen LogP contribution in [0.3, 0.4) is 0 Å². The predicted octanol–water partition coefficient (Wildman–Crippen LogP) is 2.25. The fourth-order valence-corrected chi connectivity index (χ4v) is 7.12. The molecule has 0 aromatic heterocycles. The summed E-state index contributed by atoms with van der Waals surface area (Å²) in [6.45, 7) is 2.06. The molecule has 2 fully saturated rings. The summed E-state index contributed by atoms with van der Waals surface area (Å²) in [5, 5.41) is 8.42. The molecule has 2 saturated heterocycles. The van der Waals surface area contributed by atoms with Gasteiger partial charge in [0.25, 0.3) is 0 Å². The largest absolute Gasteiger partial charge is 0.370 e. The summed E-state index contributed by atoms with van der Waals surface area (Å²) in [4.78, 5) is 76.0. The Hall–Kier alpha value is -3.28. The van der Waals surface area contributed by atoms with Crippen LogP contribution in [0.2, 0.25) is 0 Å². The van der Waals surface area contributed by atoms with Gasteiger partial charge in [-0.3, -0.25) is 28.5 Å². The van der Waals surface area contributed by atoms with Crippen LogP contribution in [0, 0.1) is 0 Å². The maximum absolute atomic E-state index is 13.8. The number of carbonyl (C=O) groups is 5. The number of primary amides is 1. The molecule has 0 aliphatic carbocycles. The minimum atomic E-state index is -3.59. The highest BCUT2D eigenvalue weighted by molar-refractivity contribution is 7.52. The summed E-state index contributed by atoms with van der Waals surface area (Å²) in [5.74, 6) is -2.13. The second kappa shape index (κ2) is 18.0. The molecule has 0 saturated carbocycles. The van der Waals surface area contributed by atoms with E-state index in [0.717, 1.165) is 24.8 Å². The van der Waals surface area contributed by atoms with E-state index in [-0.39, 0.29) is 56.4 Å². The lowest BCUT2D eigenvalue weighted by atomic mass is 9.98. The third-order valence-electron chi connectivity index (χ3n) is 8.27. The van der Waals surface area contributed by atoms with Crippen molar-refractivity contribution in [3.63, 3.8) is 0 Å². The van der Waals surface area contributed by atoms with E-state index in [1.807, 2.05) is 30.3 Å². The van der Waals surface area contributed by atoms with Gasteiger partial charge >= 0.3 is 7.60 Å². The first-order valence-corrected chi connectivity index (χ1v) is 17.7. The number of carbonyl (C=O) groups excluding carboxylic acids is 5. The first-order valence-electron chi connectivity index (χ1n) is 16.0. The Morgan fingerprint density at radius 1 is 1.04 bits per heavy atom. The fourth-order valence-electron chi connectivity index (χ4n) is 5.96. The lowest BCUT2D eigenvalue weighted by Crippen LogP contribution is -2.58. The number of nitrogens with two attached hydrogens (primary N) is 1. The van der Waals surface area contributed by atoms with E-state index in [2.05, 4.69) is 16.0 Å². The quantitative estimate of drug-likeness (QED) is 0.125. The Morgan fingerprint density at radius 3 is 2.49 bits per heavy atom. The third kappa shape index (κ3) is 11.9. The van der Waals surface area contributed by atoms with E-state index < -0.39 is 43.4 Å². The number of hydrogen-bond acceptors (Lipinski definition) is 7. The number of hydrogen-bond donors (Lipinski definition) is 5. The normalized spacial score (nSPS) is 21.9. The predicted molar refractivity (Wildman–Crippen MR) is 167 cm³/mol. The molecule has 0 spiro atoms. The van der Waals surface area contributed by atoms with E-state index in [4.69, 9.17) is 10.3 Å². The van der Waals surface area contributed by atoms with Crippen LogP contribution in [0.1, 0.15) is 89.5 Å². The van der Waals surface area contributed by atoms with Gasteiger partial charge in [-0.2, -0.15) is 0 Å². The van der Waals surface area contributed by atoms with Crippen LogP contribution in [0.25, 0.3) is 0 Å². The summed E-state index contributed by atoms with van der Waals surface area (Å²) >= 11 is 0. The van der Waals surface area contributed by atoms with E-state index >= 15 is 0 Å². The number of rotatable bonds is 17. The van der Waals surface area contributed by atoms with Crippen molar-refractivity contribution in [1.82, 2.24) is 20.9 Å². The first kappa shape index (κ1) is 36.2. The minimum absolute atomic E-state index is 0.0198. The molecule has 13 nitrogen and oxygen atoms in total. The van der Waals surface area contributed by atoms with Crippen molar-refractivity contribution in [2.24, 2.45) is 5.73 Å². The smallest absolute Gasteiger partial charge is 0.328 e. The van der Waals surface area contributed by atoms with Crippen LogP contribution in [-0.4, -0.2) is 76.3 Å². The molecular formula is C31H48N5O8P. The molecule has 2 unspecified atom stereocenters. The molecular weight excluding hydrogens is 601 g/mol. The van der Waals surface area contributed by atoms with E-state index in [0.29, 0.717) is 38.5 Å². The van der Waals surface area contributed by atoms with Crippen LogP contribution in [0.5, 0.6) is 0 Å². The zero-order valence-corrected chi connectivity index (χ0v) is 27.0. The maximum Gasteiger partial charge on any atom is 0.328 e. The maximum atomic E-state index is 13.8. The van der Waals surface area contributed by atoms with Crippen LogP contribution >= 0.6 is 7.60 Å². The van der Waals surface area contributed by atoms with Crippen molar-refractivity contribution >= 4 is 37.1 Å². The number of fused-ring (bicyclic) bond motifs is 1. The zero-order chi connectivity index (χ0) is 32.8. The van der Waals surface area contributed by atoms with Gasteiger partial charge in [0.2, 0.25) is 29.5 Å². The number of nitrogens with one attached hydrogen (secondary N) is 3. The molecule has 0 bridgehead atoms. The summed E-state index contributed by atoms with van der Waals surface area (Å²) in [7, 11) is -3.59. The van der Waals surface area contributed by atoms with Gasteiger partial charge in [-0.1, -0.05) is 49.6 Å². The van der Waals surface area contributed by atoms with E-state index in [1.165, 1.54) is 0 Å². The molecule has 2 aliphatic rings. The van der Waals surface area contributed by atoms with Crippen molar-refractivity contribution in [2.75, 3.05) is 12.8 Å². The van der Waals surface area contributed by atoms with Crippen molar-refractivity contribution in [1.29, 1.82) is 0 Å². The van der Waals surface area contributed by atoms with Crippen molar-refractivity contribution in [2.45, 2.75) is 115 Å². The standard InChI is InChI=1S/C31H48N5O8P/c1-2-44-45(42,43)20-10-4-7-15-28(38)34-25-14-9-8-13-23-16-18-26(36(23)31(25)41)30(40)35-24(17-19-27(32)37)29(39)33-21-22-11-5-3-6-12-22/h3,5-6,11-12,23-26H,2,4,7-10,13-21H2,1H3,(H2,32,37)(H,33,39)(H,34,38)(H,35,40)(H,42,43)/t23?,24-,25-,26-/m0/s1. The van der Waals surface area contributed by atoms with Gasteiger partial charge in [-0.15, -0.1) is 0 Å². The summed E-state index contributed by atoms with van der Waals surface area (Å²) in [5.41, 5.74) is 6.20. The number of amides is 5. The molecule has 0 radical (unpaired) electrons. The molecule has 1 aromatic rings. The SMILES string of the molecule is CCOP(=O)(O)CCCCCC(=O)N[C@H]1CCCCC2CC[C@@H](C(=O)N[C@@H](CCC(N)=O)C(=O)NCc3ccccc3)N2C1=O. The highest BCUT2D eigenvalue weighted by Crippen LogP contribution is 2.42. The Labute approximate surface area is 264 Å². The van der Waals surface area contributed by atoms with Crippen LogP contribution in [0.4, 0.5) is 0 Å². The van der Waals surface area contributed by atoms with E-state index in [1.54, 1.807) is 11.8 Å². The molecule has 250 valence electrons. The Bertz CT molecular complexity index is 1220. The number of benzene rings is 1. The Morgan fingerprint density at radius 2 is 1.78 bits per heavy atom. The fraction of sp³-hybridized carbons (Fsp3) is 0.645. The van der Waals surface area contributed by atoms with Crippen LogP contribution in [-0.2, 0) is 39.6 Å². The van der Waals surface area contributed by atoms with Gasteiger partial charge in [-0.05, 0) is 57.4 Å². The molecule has 3 rings (SSSR count). The van der Waals surface area contributed by atoms with Crippen molar-refractivity contribution in [3.8, 4) is 0 Å². The number of nitrogens with zero attached hydrogens (tertiary/aromatic N) is 1. The minimum Gasteiger partial charge on any atom is -0.370 e. The summed E-state index contributed by atoms with van der Waals surface area (Å²) in [6, 6.07) is 6.54. The topological polar surface area (TPSA) is 197 Å². The van der Waals surface area contributed by atoms with Crippen LogP contribution < -0.4 is 21.7 Å². The molecule has 14 heteroatoms. The monoisotopic (exact) mass is 649 g/mol. The van der Waals surface area contributed by atoms with Gasteiger partial charge < -0.3 is 36.0 Å². The Balaban J connectivity index is 1.59. The highest BCUT2D eigenvalue weighted by atomic mass is 31.2. The molecule has 6 N–H and O–H groups in total. The number of unbranched alkanes of at least 4 members (excludes halogenated alkanes) is 2. The second-order valence-electron chi connectivity index (χ2n) is 11.8. The molecule has 5 amide bonds. The van der Waals surface area contributed by atoms with Gasteiger partial charge in [-0.25, -0.2) is 0 Å². The summed E-state index contributed by atoms with van der Waals surface area (Å²) < 4.78 is 16.7. The summed E-state index contributed by atoms with van der Waals surface area (Å²) in [6.07, 6.45) is 5.49. The molecule has 1 aromatic carbocycles. The highest BCUT2D eigenvalue weighted by Gasteiger charge is 2.44. The van der Waals surface area contributed by atoms with Crippen molar-refractivity contribution < 1.29 is 38.0 Å².